The van der Waals surface area contributed by atoms with Crippen molar-refractivity contribution >= 4 is 41.7 Å². The molecule has 0 aliphatic heterocycles. The van der Waals surface area contributed by atoms with Crippen LogP contribution in [0.3, 0.4) is 0 Å². The maximum atomic E-state index is 12.0. The molecule has 0 fully saturated rings. The zero-order valence-corrected chi connectivity index (χ0v) is 15.3. The highest BCUT2D eigenvalue weighted by Crippen LogP contribution is 2.33. The van der Waals surface area contributed by atoms with E-state index >= 15 is 0 Å². The molecule has 0 atom stereocenters. The summed E-state index contributed by atoms with van der Waals surface area (Å²) < 4.78 is 24.0. The molecule has 0 spiro atoms. The third-order valence-electron chi connectivity index (χ3n) is 3.48. The van der Waals surface area contributed by atoms with Gasteiger partial charge in [-0.3, -0.25) is 0 Å². The van der Waals surface area contributed by atoms with E-state index in [4.69, 9.17) is 0 Å². The Morgan fingerprint density at radius 3 is 2.05 bits per heavy atom. The van der Waals surface area contributed by atoms with Gasteiger partial charge in [0.1, 0.15) is 0 Å². The number of benzene rings is 1. The van der Waals surface area contributed by atoms with Gasteiger partial charge in [0.15, 0.2) is 9.84 Å². The zero-order chi connectivity index (χ0) is 14.5. The quantitative estimate of drug-likeness (QED) is 0.637. The summed E-state index contributed by atoms with van der Waals surface area (Å²) in [6.45, 7) is 3.48. The van der Waals surface area contributed by atoms with E-state index in [-0.39, 0.29) is 16.4 Å². The lowest BCUT2D eigenvalue weighted by atomic mass is 9.82. The average molecular weight is 412 g/mol. The minimum absolute atomic E-state index is 0.177. The van der Waals surface area contributed by atoms with Crippen LogP contribution in [0.4, 0.5) is 0 Å². The molecule has 0 heterocycles. The first-order valence-corrected chi connectivity index (χ1v) is 10.2. The Kier molecular flexibility index (Phi) is 6.54. The topological polar surface area (TPSA) is 34.1 Å². The zero-order valence-electron chi connectivity index (χ0n) is 11.3. The maximum absolute atomic E-state index is 12.0. The van der Waals surface area contributed by atoms with Gasteiger partial charge in [-0.05, 0) is 25.8 Å². The molecule has 0 N–H and O–H groups in total. The van der Waals surface area contributed by atoms with Crippen molar-refractivity contribution in [3.63, 3.8) is 0 Å². The van der Waals surface area contributed by atoms with E-state index in [1.807, 2.05) is 18.2 Å². The van der Waals surface area contributed by atoms with Crippen molar-refractivity contribution in [2.75, 3.05) is 16.4 Å². The van der Waals surface area contributed by atoms with Crippen LogP contribution in [0.1, 0.15) is 25.8 Å². The third-order valence-corrected chi connectivity index (χ3v) is 7.84. The van der Waals surface area contributed by atoms with Crippen molar-refractivity contribution in [2.45, 2.75) is 30.9 Å². The SMILES string of the molecule is CC(C)S(=O)(=O)CCC(CBr)(CBr)c1ccccc1. The molecule has 108 valence electrons. The fourth-order valence-electron chi connectivity index (χ4n) is 1.83. The first-order valence-electron chi connectivity index (χ1n) is 6.27. The van der Waals surface area contributed by atoms with Crippen molar-refractivity contribution in [3.8, 4) is 0 Å². The normalized spacial score (nSPS) is 12.9. The van der Waals surface area contributed by atoms with E-state index in [1.165, 1.54) is 5.56 Å². The first kappa shape index (κ1) is 17.2. The maximum Gasteiger partial charge on any atom is 0.152 e. The van der Waals surface area contributed by atoms with E-state index < -0.39 is 9.84 Å². The Labute approximate surface area is 133 Å². The predicted molar refractivity (Wildman–Crippen MR) is 89.2 cm³/mol. The Balaban J connectivity index is 2.97. The summed E-state index contributed by atoms with van der Waals surface area (Å²) in [4.78, 5) is 0. The lowest BCUT2D eigenvalue weighted by Crippen LogP contribution is -2.34. The van der Waals surface area contributed by atoms with Gasteiger partial charge in [-0.25, -0.2) is 8.42 Å². The van der Waals surface area contributed by atoms with E-state index in [2.05, 4.69) is 44.0 Å². The number of hydrogen-bond acceptors (Lipinski definition) is 2. The summed E-state index contributed by atoms with van der Waals surface area (Å²) in [5.74, 6) is 0.219. The van der Waals surface area contributed by atoms with Crippen molar-refractivity contribution in [3.05, 3.63) is 35.9 Å². The lowest BCUT2D eigenvalue weighted by Gasteiger charge is -2.31. The number of hydrogen-bond donors (Lipinski definition) is 0. The molecule has 19 heavy (non-hydrogen) atoms. The van der Waals surface area contributed by atoms with Gasteiger partial charge in [-0.2, -0.15) is 0 Å². The Morgan fingerprint density at radius 1 is 1.11 bits per heavy atom. The summed E-state index contributed by atoms with van der Waals surface area (Å²) >= 11 is 7.10. The van der Waals surface area contributed by atoms with E-state index in [9.17, 15) is 8.42 Å². The van der Waals surface area contributed by atoms with E-state index in [0.717, 1.165) is 10.7 Å². The first-order chi connectivity index (χ1) is 8.88. The van der Waals surface area contributed by atoms with Crippen molar-refractivity contribution in [1.82, 2.24) is 0 Å². The third kappa shape index (κ3) is 4.30. The average Bonchev–Trinajstić information content (AvgIpc) is 2.41. The van der Waals surface area contributed by atoms with Gasteiger partial charge in [0.2, 0.25) is 0 Å². The lowest BCUT2D eigenvalue weighted by molar-refractivity contribution is 0.520. The van der Waals surface area contributed by atoms with Crippen LogP contribution in [0.2, 0.25) is 0 Å². The molecule has 1 aromatic rings. The van der Waals surface area contributed by atoms with Crippen LogP contribution in [0.25, 0.3) is 0 Å². The molecule has 5 heteroatoms. The van der Waals surface area contributed by atoms with Crippen LogP contribution in [-0.2, 0) is 15.3 Å². The fraction of sp³-hybridized carbons (Fsp3) is 0.571. The minimum atomic E-state index is -3.00. The summed E-state index contributed by atoms with van der Waals surface area (Å²) in [5, 5.41) is 1.16. The number of sulfone groups is 1. The van der Waals surface area contributed by atoms with E-state index in [0.29, 0.717) is 6.42 Å². The van der Waals surface area contributed by atoms with Crippen molar-refractivity contribution in [2.24, 2.45) is 0 Å². The molecule has 0 aliphatic carbocycles. The van der Waals surface area contributed by atoms with Crippen LogP contribution in [0.15, 0.2) is 30.3 Å². The molecule has 0 saturated carbocycles. The molecule has 0 unspecified atom stereocenters. The van der Waals surface area contributed by atoms with Gasteiger partial charge in [-0.15, -0.1) is 0 Å². The fourth-order valence-corrected chi connectivity index (χ4v) is 5.12. The van der Waals surface area contributed by atoms with Crippen LogP contribution in [-0.4, -0.2) is 30.1 Å². The Bertz CT molecular complexity index is 479. The number of halogens is 2. The molecule has 1 aromatic carbocycles. The minimum Gasteiger partial charge on any atom is -0.229 e. The van der Waals surface area contributed by atoms with E-state index in [1.54, 1.807) is 13.8 Å². The largest absolute Gasteiger partial charge is 0.229 e. The molecule has 0 bridgehead atoms. The van der Waals surface area contributed by atoms with Crippen molar-refractivity contribution in [1.29, 1.82) is 0 Å². The van der Waals surface area contributed by atoms with Gasteiger partial charge in [-0.1, -0.05) is 62.2 Å². The van der Waals surface area contributed by atoms with Crippen LogP contribution < -0.4 is 0 Å². The molecule has 0 aromatic heterocycles. The molecule has 0 saturated heterocycles. The smallest absolute Gasteiger partial charge is 0.152 e. The highest BCUT2D eigenvalue weighted by molar-refractivity contribution is 9.09. The summed E-state index contributed by atoms with van der Waals surface area (Å²) in [7, 11) is -3.00. The van der Waals surface area contributed by atoms with Gasteiger partial charge < -0.3 is 0 Å². The Hall–Kier alpha value is 0.130. The second-order valence-electron chi connectivity index (χ2n) is 5.08. The van der Waals surface area contributed by atoms with Crippen LogP contribution >= 0.6 is 31.9 Å². The summed E-state index contributed by atoms with van der Waals surface area (Å²) in [6, 6.07) is 10.1. The standard InChI is InChI=1S/C14H20Br2O2S/c1-12(2)19(17,18)9-8-14(10-15,11-16)13-6-4-3-5-7-13/h3-7,12H,8-11H2,1-2H3. The van der Waals surface area contributed by atoms with Crippen molar-refractivity contribution < 1.29 is 8.42 Å². The second kappa shape index (κ2) is 7.23. The van der Waals surface area contributed by atoms with Gasteiger partial charge in [0, 0.05) is 16.1 Å². The molecular weight excluding hydrogens is 392 g/mol. The molecule has 0 amide bonds. The monoisotopic (exact) mass is 410 g/mol. The summed E-state index contributed by atoms with van der Waals surface area (Å²) in [5.41, 5.74) is 0.992. The second-order valence-corrected chi connectivity index (χ2v) is 8.88. The molecular formula is C14H20Br2O2S. The number of alkyl halides is 2. The Morgan fingerprint density at radius 2 is 1.63 bits per heavy atom. The predicted octanol–water partition coefficient (Wildman–Crippen LogP) is 3.93. The highest BCUT2D eigenvalue weighted by Gasteiger charge is 2.32. The molecule has 0 aliphatic rings. The summed E-state index contributed by atoms with van der Waals surface area (Å²) in [6.07, 6.45) is 0.619. The molecule has 0 radical (unpaired) electrons. The van der Waals surface area contributed by atoms with Crippen LogP contribution in [0.5, 0.6) is 0 Å². The highest BCUT2D eigenvalue weighted by atomic mass is 79.9. The van der Waals surface area contributed by atoms with Gasteiger partial charge >= 0.3 is 0 Å². The number of rotatable bonds is 7. The molecule has 2 nitrogen and oxygen atoms in total. The van der Waals surface area contributed by atoms with Gasteiger partial charge in [0.05, 0.1) is 11.0 Å². The van der Waals surface area contributed by atoms with Gasteiger partial charge in [0.25, 0.3) is 0 Å². The van der Waals surface area contributed by atoms with Crippen LogP contribution in [0, 0.1) is 0 Å². The molecule has 1 rings (SSSR count).